The zero-order valence-corrected chi connectivity index (χ0v) is 18.2. The molecule has 4 aromatic carbocycles. The first-order valence-corrected chi connectivity index (χ1v) is 11.0. The van der Waals surface area contributed by atoms with Crippen LogP contribution in [0.2, 0.25) is 0 Å². The van der Waals surface area contributed by atoms with Gasteiger partial charge in [-0.05, 0) is 52.8 Å². The quantitative estimate of drug-likeness (QED) is 0.297. The Labute approximate surface area is 186 Å². The molecule has 0 spiro atoms. The summed E-state index contributed by atoms with van der Waals surface area (Å²) < 4.78 is 0. The van der Waals surface area contributed by atoms with Crippen LogP contribution in [0, 0.1) is 11.3 Å². The first-order valence-electron chi connectivity index (χ1n) is 11.0. The lowest BCUT2D eigenvalue weighted by Crippen LogP contribution is -1.86. The van der Waals surface area contributed by atoms with E-state index in [1.165, 1.54) is 53.5 Å². The van der Waals surface area contributed by atoms with Crippen molar-refractivity contribution in [3.8, 4) is 28.3 Å². The molecule has 0 heterocycles. The summed E-state index contributed by atoms with van der Waals surface area (Å²) in [5.41, 5.74) is 7.05. The molecule has 4 aromatic rings. The zero-order valence-electron chi connectivity index (χ0n) is 18.2. The van der Waals surface area contributed by atoms with Gasteiger partial charge in [-0.25, -0.2) is 0 Å². The normalized spacial score (nSPS) is 9.94. The lowest BCUT2D eigenvalue weighted by molar-refractivity contribution is 0.717. The molecular weight excluding hydrogens is 374 g/mol. The number of aryl methyl sites for hydroxylation is 1. The second-order valence-electron chi connectivity index (χ2n) is 7.58. The summed E-state index contributed by atoms with van der Waals surface area (Å²) in [5.74, 6) is 0. The van der Waals surface area contributed by atoms with Crippen molar-refractivity contribution in [3.05, 3.63) is 120 Å². The van der Waals surface area contributed by atoms with E-state index in [1.54, 1.807) is 0 Å². The van der Waals surface area contributed by atoms with E-state index in [1.807, 2.05) is 36.4 Å². The van der Waals surface area contributed by atoms with Crippen molar-refractivity contribution in [2.45, 2.75) is 32.6 Å². The van der Waals surface area contributed by atoms with Gasteiger partial charge in [-0.1, -0.05) is 117 Å². The summed E-state index contributed by atoms with van der Waals surface area (Å²) in [5, 5.41) is 8.79. The van der Waals surface area contributed by atoms with Crippen LogP contribution in [-0.4, -0.2) is 0 Å². The van der Waals surface area contributed by atoms with E-state index in [0.29, 0.717) is 5.56 Å². The van der Waals surface area contributed by atoms with Crippen LogP contribution in [0.15, 0.2) is 109 Å². The van der Waals surface area contributed by atoms with E-state index in [-0.39, 0.29) is 0 Å². The number of hydrogen-bond acceptors (Lipinski definition) is 1. The molecule has 0 aliphatic heterocycles. The molecule has 0 aliphatic rings. The molecule has 0 aromatic heterocycles. The van der Waals surface area contributed by atoms with Crippen LogP contribution in [-0.2, 0) is 6.42 Å². The van der Waals surface area contributed by atoms with Gasteiger partial charge in [-0.2, -0.15) is 5.26 Å². The number of hydrogen-bond donors (Lipinski definition) is 0. The number of rotatable bonds is 6. The molecule has 0 fully saturated rings. The highest BCUT2D eigenvalue weighted by atomic mass is 14.2. The van der Waals surface area contributed by atoms with Gasteiger partial charge in [0.15, 0.2) is 0 Å². The Kier molecular flexibility index (Phi) is 8.65. The van der Waals surface area contributed by atoms with E-state index in [2.05, 4.69) is 85.8 Å². The average molecular weight is 404 g/mol. The topological polar surface area (TPSA) is 23.8 Å². The summed E-state index contributed by atoms with van der Waals surface area (Å²) >= 11 is 0. The van der Waals surface area contributed by atoms with Crippen LogP contribution in [0.4, 0.5) is 0 Å². The highest BCUT2D eigenvalue weighted by Gasteiger charge is 1.99. The summed E-state index contributed by atoms with van der Waals surface area (Å²) in [4.78, 5) is 0. The Balaban J connectivity index is 0.000000194. The smallest absolute Gasteiger partial charge is 0.0991 e. The maximum absolute atomic E-state index is 8.79. The molecular formula is C30H29N. The molecule has 1 nitrogen and oxygen atoms in total. The van der Waals surface area contributed by atoms with Gasteiger partial charge in [0.25, 0.3) is 0 Å². The molecule has 31 heavy (non-hydrogen) atoms. The molecule has 0 unspecified atom stereocenters. The zero-order chi connectivity index (χ0) is 21.7. The van der Waals surface area contributed by atoms with E-state index in [4.69, 9.17) is 5.26 Å². The van der Waals surface area contributed by atoms with E-state index in [9.17, 15) is 0 Å². The summed E-state index contributed by atoms with van der Waals surface area (Å²) in [6.45, 7) is 2.23. The molecule has 0 N–H and O–H groups in total. The summed E-state index contributed by atoms with van der Waals surface area (Å²) in [6.07, 6.45) is 5.01. The maximum atomic E-state index is 8.79. The maximum Gasteiger partial charge on any atom is 0.0991 e. The minimum absolute atomic E-state index is 0.708. The third-order valence-corrected chi connectivity index (χ3v) is 5.25. The van der Waals surface area contributed by atoms with Crippen LogP contribution in [0.1, 0.15) is 37.3 Å². The third kappa shape index (κ3) is 6.98. The highest BCUT2D eigenvalue weighted by molar-refractivity contribution is 5.64. The Morgan fingerprint density at radius 1 is 0.548 bits per heavy atom. The lowest BCUT2D eigenvalue weighted by Gasteiger charge is -2.04. The van der Waals surface area contributed by atoms with Crippen LogP contribution < -0.4 is 0 Å². The van der Waals surface area contributed by atoms with E-state index in [0.717, 1.165) is 0 Å². The van der Waals surface area contributed by atoms with E-state index < -0.39 is 0 Å². The fourth-order valence-electron chi connectivity index (χ4n) is 3.44. The van der Waals surface area contributed by atoms with Crippen molar-refractivity contribution < 1.29 is 0 Å². The number of unbranched alkanes of at least 4 members (excludes halogenated alkanes) is 2. The standard InChI is InChI=1S/C18H19N.C12H10/c1-2-3-4-5-15-6-10-17(11-7-15)18-12-8-16(14-19)9-13-18;1-3-7-11(8-4-1)12-9-5-2-6-10-12/h6-13H,2-5H2,1H3;1-10H. The van der Waals surface area contributed by atoms with Gasteiger partial charge in [0.1, 0.15) is 0 Å². The molecule has 0 bridgehead atoms. The van der Waals surface area contributed by atoms with Crippen LogP contribution >= 0.6 is 0 Å². The lowest BCUT2D eigenvalue weighted by atomic mass is 10.0. The highest BCUT2D eigenvalue weighted by Crippen LogP contribution is 2.21. The summed E-state index contributed by atoms with van der Waals surface area (Å²) in [7, 11) is 0. The van der Waals surface area contributed by atoms with Gasteiger partial charge >= 0.3 is 0 Å². The average Bonchev–Trinajstić information content (AvgIpc) is 2.86. The molecule has 154 valence electrons. The Morgan fingerprint density at radius 2 is 1.00 bits per heavy atom. The van der Waals surface area contributed by atoms with Gasteiger partial charge in [0, 0.05) is 0 Å². The van der Waals surface area contributed by atoms with Crippen molar-refractivity contribution in [1.82, 2.24) is 0 Å². The second-order valence-corrected chi connectivity index (χ2v) is 7.58. The van der Waals surface area contributed by atoms with Crippen molar-refractivity contribution in [2.75, 3.05) is 0 Å². The molecule has 1 heteroatoms. The van der Waals surface area contributed by atoms with Crippen LogP contribution in [0.25, 0.3) is 22.3 Å². The van der Waals surface area contributed by atoms with Crippen molar-refractivity contribution in [1.29, 1.82) is 5.26 Å². The Bertz CT molecular complexity index is 1020. The van der Waals surface area contributed by atoms with Gasteiger partial charge in [-0.3, -0.25) is 0 Å². The summed E-state index contributed by atoms with van der Waals surface area (Å²) in [6, 6.07) is 39.4. The first kappa shape index (κ1) is 22.1. The molecule has 0 saturated heterocycles. The van der Waals surface area contributed by atoms with Crippen molar-refractivity contribution in [3.63, 3.8) is 0 Å². The molecule has 0 atom stereocenters. The van der Waals surface area contributed by atoms with E-state index >= 15 is 0 Å². The predicted molar refractivity (Wildman–Crippen MR) is 132 cm³/mol. The van der Waals surface area contributed by atoms with Gasteiger partial charge in [0.2, 0.25) is 0 Å². The number of nitriles is 1. The molecule has 0 radical (unpaired) electrons. The van der Waals surface area contributed by atoms with Gasteiger partial charge < -0.3 is 0 Å². The fourth-order valence-corrected chi connectivity index (χ4v) is 3.44. The number of nitrogens with zero attached hydrogens (tertiary/aromatic N) is 1. The minimum atomic E-state index is 0.708. The molecule has 0 amide bonds. The first-order chi connectivity index (χ1) is 15.3. The SMILES string of the molecule is CCCCCc1ccc(-c2ccc(C#N)cc2)cc1.c1ccc(-c2ccccc2)cc1. The minimum Gasteiger partial charge on any atom is -0.192 e. The Morgan fingerprint density at radius 3 is 1.45 bits per heavy atom. The molecule has 4 rings (SSSR count). The fraction of sp³-hybridized carbons (Fsp3) is 0.167. The number of benzene rings is 4. The van der Waals surface area contributed by atoms with Gasteiger partial charge in [-0.15, -0.1) is 0 Å². The molecule has 0 saturated carbocycles. The molecule has 0 aliphatic carbocycles. The van der Waals surface area contributed by atoms with Crippen molar-refractivity contribution >= 4 is 0 Å². The predicted octanol–water partition coefficient (Wildman–Crippen LogP) is 8.31. The van der Waals surface area contributed by atoms with Gasteiger partial charge in [0.05, 0.1) is 11.6 Å². The monoisotopic (exact) mass is 403 g/mol. The second kappa shape index (κ2) is 12.2. The third-order valence-electron chi connectivity index (χ3n) is 5.25. The van der Waals surface area contributed by atoms with Crippen LogP contribution in [0.5, 0.6) is 0 Å². The van der Waals surface area contributed by atoms with Crippen LogP contribution in [0.3, 0.4) is 0 Å². The Hall–Kier alpha value is -3.63. The van der Waals surface area contributed by atoms with Crippen molar-refractivity contribution in [2.24, 2.45) is 0 Å². The largest absolute Gasteiger partial charge is 0.192 e.